The molecule has 3 amide bonds. The third-order valence-electron chi connectivity index (χ3n) is 5.40. The number of carbonyl (C=O) groups is 4. The number of amides is 3. The van der Waals surface area contributed by atoms with Gasteiger partial charge < -0.3 is 10.1 Å². The van der Waals surface area contributed by atoms with Crippen LogP contribution in [-0.4, -0.2) is 41.2 Å². The van der Waals surface area contributed by atoms with E-state index in [0.717, 1.165) is 11.1 Å². The zero-order chi connectivity index (χ0) is 22.0. The number of nitrogens with zero attached hydrogens (tertiary/aromatic N) is 1. The van der Waals surface area contributed by atoms with Gasteiger partial charge in [0, 0.05) is 11.7 Å². The minimum Gasteiger partial charge on any atom is -0.452 e. The summed E-state index contributed by atoms with van der Waals surface area (Å²) in [4.78, 5) is 50.8. The molecule has 0 fully saturated rings. The van der Waals surface area contributed by atoms with Gasteiger partial charge in [0.25, 0.3) is 17.7 Å². The van der Waals surface area contributed by atoms with Gasteiger partial charge in [-0.15, -0.1) is 0 Å². The van der Waals surface area contributed by atoms with Crippen LogP contribution in [0.2, 0.25) is 0 Å². The number of carbonyl (C=O) groups excluding carboxylic acids is 4. The molecule has 0 saturated carbocycles. The van der Waals surface area contributed by atoms with Gasteiger partial charge in [0.2, 0.25) is 0 Å². The molecular formula is C23H24N2O5. The molecular weight excluding hydrogens is 384 g/mol. The lowest BCUT2D eigenvalue weighted by atomic mass is 10.1. The van der Waals surface area contributed by atoms with E-state index in [1.807, 2.05) is 32.9 Å². The Labute approximate surface area is 175 Å². The van der Waals surface area contributed by atoms with E-state index in [-0.39, 0.29) is 28.6 Å². The topological polar surface area (TPSA) is 92.8 Å². The number of ether oxygens (including phenoxy) is 1. The molecule has 0 aliphatic carbocycles. The van der Waals surface area contributed by atoms with E-state index in [1.54, 1.807) is 13.0 Å². The number of hydrogen-bond acceptors (Lipinski definition) is 5. The van der Waals surface area contributed by atoms with Crippen molar-refractivity contribution in [2.24, 2.45) is 0 Å². The van der Waals surface area contributed by atoms with Gasteiger partial charge in [0.1, 0.15) is 0 Å². The summed E-state index contributed by atoms with van der Waals surface area (Å²) < 4.78 is 5.09. The van der Waals surface area contributed by atoms with Crippen LogP contribution in [-0.2, 0) is 9.53 Å². The Morgan fingerprint density at radius 2 is 1.77 bits per heavy atom. The molecule has 7 nitrogen and oxygen atoms in total. The minimum absolute atomic E-state index is 0.112. The Hall–Kier alpha value is -3.48. The average molecular weight is 408 g/mol. The zero-order valence-corrected chi connectivity index (χ0v) is 17.4. The van der Waals surface area contributed by atoms with Crippen molar-refractivity contribution in [1.29, 1.82) is 0 Å². The van der Waals surface area contributed by atoms with Crippen LogP contribution in [0.1, 0.15) is 62.5 Å². The molecule has 1 N–H and O–H groups in total. The quantitative estimate of drug-likeness (QED) is 0.583. The van der Waals surface area contributed by atoms with Crippen LogP contribution in [0, 0.1) is 13.8 Å². The maximum absolute atomic E-state index is 12.6. The number of rotatable bonds is 6. The molecule has 2 aromatic carbocycles. The largest absolute Gasteiger partial charge is 0.452 e. The van der Waals surface area contributed by atoms with Crippen LogP contribution in [0.15, 0.2) is 36.4 Å². The van der Waals surface area contributed by atoms with Crippen LogP contribution in [0.5, 0.6) is 0 Å². The second kappa shape index (κ2) is 8.49. The monoisotopic (exact) mass is 408 g/mol. The number of anilines is 1. The number of benzene rings is 2. The van der Waals surface area contributed by atoms with Crippen molar-refractivity contribution in [3.63, 3.8) is 0 Å². The van der Waals surface area contributed by atoms with E-state index >= 15 is 0 Å². The van der Waals surface area contributed by atoms with Crippen LogP contribution in [0.25, 0.3) is 0 Å². The number of imide groups is 1. The van der Waals surface area contributed by atoms with Crippen molar-refractivity contribution in [3.8, 4) is 0 Å². The molecule has 0 aromatic heterocycles. The van der Waals surface area contributed by atoms with Gasteiger partial charge >= 0.3 is 5.97 Å². The van der Waals surface area contributed by atoms with Crippen molar-refractivity contribution >= 4 is 29.4 Å². The van der Waals surface area contributed by atoms with Gasteiger partial charge in [-0.1, -0.05) is 19.1 Å². The number of nitrogens with one attached hydrogen (secondary N) is 1. The van der Waals surface area contributed by atoms with Crippen molar-refractivity contribution in [2.75, 3.05) is 11.9 Å². The van der Waals surface area contributed by atoms with Gasteiger partial charge in [-0.3, -0.25) is 19.3 Å². The molecule has 2 aromatic rings. The van der Waals surface area contributed by atoms with E-state index in [2.05, 4.69) is 5.32 Å². The third-order valence-corrected chi connectivity index (χ3v) is 5.40. The molecule has 0 radical (unpaired) electrons. The molecule has 0 spiro atoms. The number of fused-ring (bicyclic) bond motifs is 1. The maximum Gasteiger partial charge on any atom is 0.338 e. The first-order valence-corrected chi connectivity index (χ1v) is 9.79. The predicted octanol–water partition coefficient (Wildman–Crippen LogP) is 3.49. The van der Waals surface area contributed by atoms with Crippen molar-refractivity contribution in [3.05, 3.63) is 64.2 Å². The lowest BCUT2D eigenvalue weighted by molar-refractivity contribution is -0.119. The van der Waals surface area contributed by atoms with Crippen molar-refractivity contribution in [1.82, 2.24) is 4.90 Å². The predicted molar refractivity (Wildman–Crippen MR) is 112 cm³/mol. The standard InChI is InChI=1S/C23H24N2O5/c1-5-14(3)25-21(27)17-10-9-16(11-18(17)22(25)28)23(29)30-12-20(26)24-19-8-6-7-13(2)15(19)4/h6-11,14H,5,12H2,1-4H3,(H,24,26)/t14-/m0/s1. The summed E-state index contributed by atoms with van der Waals surface area (Å²) in [6.07, 6.45) is 0.635. The van der Waals surface area contributed by atoms with Crippen LogP contribution >= 0.6 is 0 Å². The lowest BCUT2D eigenvalue weighted by Crippen LogP contribution is -2.37. The normalized spacial score (nSPS) is 13.8. The van der Waals surface area contributed by atoms with Crippen LogP contribution < -0.4 is 5.32 Å². The summed E-state index contributed by atoms with van der Waals surface area (Å²) in [5.41, 5.74) is 3.18. The summed E-state index contributed by atoms with van der Waals surface area (Å²) in [6, 6.07) is 9.53. The summed E-state index contributed by atoms with van der Waals surface area (Å²) in [7, 11) is 0. The van der Waals surface area contributed by atoms with Crippen molar-refractivity contribution < 1.29 is 23.9 Å². The molecule has 156 valence electrons. The summed E-state index contributed by atoms with van der Waals surface area (Å²) >= 11 is 0. The maximum atomic E-state index is 12.6. The molecule has 7 heteroatoms. The fourth-order valence-electron chi connectivity index (χ4n) is 3.26. The van der Waals surface area contributed by atoms with Gasteiger partial charge in [0.05, 0.1) is 16.7 Å². The Balaban J connectivity index is 1.67. The third kappa shape index (κ3) is 3.96. The highest BCUT2D eigenvalue weighted by Crippen LogP contribution is 2.27. The molecule has 0 unspecified atom stereocenters. The Morgan fingerprint density at radius 3 is 2.47 bits per heavy atom. The fraction of sp³-hybridized carbons (Fsp3) is 0.304. The Bertz CT molecular complexity index is 1040. The Kier molecular flexibility index (Phi) is 6.01. The molecule has 1 aliphatic rings. The zero-order valence-electron chi connectivity index (χ0n) is 17.4. The second-order valence-corrected chi connectivity index (χ2v) is 7.37. The smallest absolute Gasteiger partial charge is 0.338 e. The second-order valence-electron chi connectivity index (χ2n) is 7.37. The van der Waals surface area contributed by atoms with Gasteiger partial charge in [-0.25, -0.2) is 4.79 Å². The first-order valence-electron chi connectivity index (χ1n) is 9.79. The first-order chi connectivity index (χ1) is 14.2. The van der Waals surface area contributed by atoms with Gasteiger partial charge in [-0.05, 0) is 62.6 Å². The van der Waals surface area contributed by atoms with Crippen LogP contribution in [0.4, 0.5) is 5.69 Å². The van der Waals surface area contributed by atoms with E-state index < -0.39 is 24.4 Å². The van der Waals surface area contributed by atoms with E-state index in [9.17, 15) is 19.2 Å². The summed E-state index contributed by atoms with van der Waals surface area (Å²) in [6.45, 7) is 7.05. The molecule has 1 heterocycles. The SMILES string of the molecule is CC[C@H](C)N1C(=O)c2ccc(C(=O)OCC(=O)Nc3cccc(C)c3C)cc2C1=O. The van der Waals surface area contributed by atoms with Crippen molar-refractivity contribution in [2.45, 2.75) is 40.2 Å². The van der Waals surface area contributed by atoms with Gasteiger partial charge in [-0.2, -0.15) is 0 Å². The van der Waals surface area contributed by atoms with E-state index in [1.165, 1.54) is 23.1 Å². The highest BCUT2D eigenvalue weighted by molar-refractivity contribution is 6.22. The van der Waals surface area contributed by atoms with E-state index in [0.29, 0.717) is 12.1 Å². The molecule has 0 bridgehead atoms. The lowest BCUT2D eigenvalue weighted by Gasteiger charge is -2.20. The molecule has 3 rings (SSSR count). The molecule has 1 aliphatic heterocycles. The summed E-state index contributed by atoms with van der Waals surface area (Å²) in [5.74, 6) is -1.99. The molecule has 30 heavy (non-hydrogen) atoms. The van der Waals surface area contributed by atoms with Gasteiger partial charge in [0.15, 0.2) is 6.61 Å². The fourth-order valence-corrected chi connectivity index (χ4v) is 3.26. The number of hydrogen-bond donors (Lipinski definition) is 1. The highest BCUT2D eigenvalue weighted by Gasteiger charge is 2.38. The number of aryl methyl sites for hydroxylation is 1. The van der Waals surface area contributed by atoms with E-state index in [4.69, 9.17) is 4.74 Å². The first kappa shape index (κ1) is 21.2. The molecule has 0 saturated heterocycles. The van der Waals surface area contributed by atoms with Crippen LogP contribution in [0.3, 0.4) is 0 Å². The average Bonchev–Trinajstić information content (AvgIpc) is 2.99. The number of esters is 1. The summed E-state index contributed by atoms with van der Waals surface area (Å²) in [5, 5.41) is 2.72. The molecule has 1 atom stereocenters. The highest BCUT2D eigenvalue weighted by atomic mass is 16.5. The minimum atomic E-state index is -0.740. The Morgan fingerprint density at radius 1 is 1.07 bits per heavy atom.